The summed E-state index contributed by atoms with van der Waals surface area (Å²) in [5.74, 6) is -3.11. The Morgan fingerprint density at radius 3 is 1.68 bits per heavy atom. The number of nitro groups is 4. The van der Waals surface area contributed by atoms with Crippen LogP contribution in [0.1, 0.15) is 31.8 Å². The molecule has 0 N–H and O–H groups in total. The van der Waals surface area contributed by atoms with E-state index in [0.29, 0.717) is 18.2 Å². The van der Waals surface area contributed by atoms with E-state index in [9.17, 15) is 50.0 Å². The van der Waals surface area contributed by atoms with E-state index in [1.807, 2.05) is 0 Å². The molecule has 0 aliphatic carbocycles. The number of hydrogen-bond acceptors (Lipinski definition) is 11. The van der Waals surface area contributed by atoms with Crippen LogP contribution in [0, 0.1) is 54.3 Å². The predicted molar refractivity (Wildman–Crippen MR) is 98.7 cm³/mol. The van der Waals surface area contributed by atoms with Crippen molar-refractivity contribution in [1.29, 1.82) is 0 Å². The average molecular weight is 434 g/mol. The van der Waals surface area contributed by atoms with Gasteiger partial charge in [-0.3, -0.25) is 40.5 Å². The first-order chi connectivity index (χ1) is 14.3. The first kappa shape index (κ1) is 22.5. The molecule has 2 aromatic carbocycles. The lowest BCUT2D eigenvalue weighted by Gasteiger charge is -2.08. The van der Waals surface area contributed by atoms with Crippen molar-refractivity contribution in [2.45, 2.75) is 13.8 Å². The smallest absolute Gasteiger partial charge is 0.353 e. The van der Waals surface area contributed by atoms with E-state index in [4.69, 9.17) is 0 Å². The SMILES string of the molecule is Cc1cc([N+](=O)[O-])cc([N+](=O)[O-])c1C(=O)OC(=O)c1cc([N+](=O)[O-])cc([N+](=O)[O-])c1C. The van der Waals surface area contributed by atoms with Crippen molar-refractivity contribution >= 4 is 34.7 Å². The molecule has 31 heavy (non-hydrogen) atoms. The van der Waals surface area contributed by atoms with Gasteiger partial charge in [-0.05, 0) is 19.4 Å². The molecular weight excluding hydrogens is 424 g/mol. The third kappa shape index (κ3) is 4.44. The molecule has 0 heterocycles. The summed E-state index contributed by atoms with van der Waals surface area (Å²) < 4.78 is 4.55. The lowest BCUT2D eigenvalue weighted by Crippen LogP contribution is -2.17. The topological polar surface area (TPSA) is 216 Å². The van der Waals surface area contributed by atoms with Crippen molar-refractivity contribution in [2.24, 2.45) is 0 Å². The quantitative estimate of drug-likeness (QED) is 0.278. The summed E-state index contributed by atoms with van der Waals surface area (Å²) in [4.78, 5) is 65.0. The number of aryl methyl sites for hydroxylation is 1. The Morgan fingerprint density at radius 2 is 1.19 bits per heavy atom. The Bertz CT molecular complexity index is 1190. The summed E-state index contributed by atoms with van der Waals surface area (Å²) in [7, 11) is 0. The van der Waals surface area contributed by atoms with Crippen LogP contribution in [-0.2, 0) is 4.74 Å². The van der Waals surface area contributed by atoms with Crippen LogP contribution in [0.15, 0.2) is 24.3 Å². The molecule has 0 atom stereocenters. The lowest BCUT2D eigenvalue weighted by molar-refractivity contribution is -0.394. The largest absolute Gasteiger partial charge is 0.385 e. The molecule has 0 unspecified atom stereocenters. The second-order valence-electron chi connectivity index (χ2n) is 6.00. The minimum Gasteiger partial charge on any atom is -0.385 e. The van der Waals surface area contributed by atoms with Gasteiger partial charge >= 0.3 is 11.9 Å². The van der Waals surface area contributed by atoms with Gasteiger partial charge in [-0.25, -0.2) is 9.59 Å². The first-order valence-electron chi connectivity index (χ1n) is 7.98. The van der Waals surface area contributed by atoms with Gasteiger partial charge in [0.15, 0.2) is 0 Å². The number of carbonyl (C=O) groups is 2. The Hall–Kier alpha value is -4.82. The third-order valence-corrected chi connectivity index (χ3v) is 4.09. The van der Waals surface area contributed by atoms with Gasteiger partial charge in [0.1, 0.15) is 5.56 Å². The Labute approximate surface area is 170 Å². The normalized spacial score (nSPS) is 10.3. The van der Waals surface area contributed by atoms with Crippen molar-refractivity contribution in [3.05, 3.63) is 87.0 Å². The zero-order chi connectivity index (χ0) is 23.6. The fraction of sp³-hybridized carbons (Fsp3) is 0.125. The van der Waals surface area contributed by atoms with E-state index in [0.717, 1.165) is 19.9 Å². The Balaban J connectivity index is 2.54. The standard InChI is InChI=1S/C16H10N4O11/c1-7-3-9(17(23)24)6-13(20(29)30)14(7)16(22)31-15(21)11-4-10(18(25)26)5-12(8(11)2)19(27)28/h3-6H,1-2H3. The number of hydrogen-bond donors (Lipinski definition) is 0. The van der Waals surface area contributed by atoms with Crippen LogP contribution >= 0.6 is 0 Å². The van der Waals surface area contributed by atoms with E-state index in [1.165, 1.54) is 0 Å². The Morgan fingerprint density at radius 1 is 0.710 bits per heavy atom. The highest BCUT2D eigenvalue weighted by atomic mass is 16.6. The molecule has 15 heteroatoms. The summed E-state index contributed by atoms with van der Waals surface area (Å²) in [5.41, 5.74) is -5.34. The van der Waals surface area contributed by atoms with Crippen molar-refractivity contribution in [3.63, 3.8) is 0 Å². The van der Waals surface area contributed by atoms with Gasteiger partial charge in [-0.15, -0.1) is 0 Å². The van der Waals surface area contributed by atoms with Crippen LogP contribution in [0.5, 0.6) is 0 Å². The summed E-state index contributed by atoms with van der Waals surface area (Å²) in [6.07, 6.45) is 0. The summed E-state index contributed by atoms with van der Waals surface area (Å²) in [6, 6.07) is 2.60. The fourth-order valence-corrected chi connectivity index (χ4v) is 2.65. The van der Waals surface area contributed by atoms with Crippen molar-refractivity contribution in [3.8, 4) is 0 Å². The number of carbonyl (C=O) groups excluding carboxylic acids is 2. The van der Waals surface area contributed by atoms with Crippen LogP contribution in [0.25, 0.3) is 0 Å². The average Bonchev–Trinajstić information content (AvgIpc) is 2.66. The van der Waals surface area contributed by atoms with Gasteiger partial charge < -0.3 is 4.74 Å². The summed E-state index contributed by atoms with van der Waals surface area (Å²) in [5, 5.41) is 44.2. The second kappa shape index (κ2) is 8.27. The molecule has 15 nitrogen and oxygen atoms in total. The van der Waals surface area contributed by atoms with E-state index >= 15 is 0 Å². The number of benzene rings is 2. The van der Waals surface area contributed by atoms with Crippen LogP contribution < -0.4 is 0 Å². The number of nitro benzene ring substituents is 4. The first-order valence-corrected chi connectivity index (χ1v) is 7.98. The van der Waals surface area contributed by atoms with Crippen LogP contribution in [0.4, 0.5) is 22.7 Å². The molecule has 0 bridgehead atoms. The molecule has 2 rings (SSSR count). The Kier molecular flexibility index (Phi) is 6.00. The number of rotatable bonds is 6. The van der Waals surface area contributed by atoms with E-state index in [2.05, 4.69) is 4.74 Å². The van der Waals surface area contributed by atoms with Crippen molar-refractivity contribution in [2.75, 3.05) is 0 Å². The maximum absolute atomic E-state index is 12.4. The molecule has 0 radical (unpaired) electrons. The molecule has 160 valence electrons. The van der Waals surface area contributed by atoms with Gasteiger partial charge in [-0.2, -0.15) is 0 Å². The van der Waals surface area contributed by atoms with E-state index in [-0.39, 0.29) is 11.1 Å². The molecule has 0 aliphatic heterocycles. The number of non-ortho nitro benzene ring substituents is 2. The van der Waals surface area contributed by atoms with E-state index in [1.54, 1.807) is 0 Å². The number of nitrogens with zero attached hydrogens (tertiary/aromatic N) is 4. The number of esters is 2. The molecule has 0 amide bonds. The summed E-state index contributed by atoms with van der Waals surface area (Å²) >= 11 is 0. The highest BCUT2D eigenvalue weighted by Gasteiger charge is 2.32. The van der Waals surface area contributed by atoms with Gasteiger partial charge in [0, 0.05) is 17.7 Å². The maximum atomic E-state index is 12.4. The molecule has 2 aromatic rings. The monoisotopic (exact) mass is 434 g/mol. The molecule has 0 spiro atoms. The molecule has 0 fully saturated rings. The molecule has 0 saturated heterocycles. The molecule has 0 aromatic heterocycles. The highest BCUT2D eigenvalue weighted by Crippen LogP contribution is 2.31. The van der Waals surface area contributed by atoms with Gasteiger partial charge in [0.25, 0.3) is 22.7 Å². The van der Waals surface area contributed by atoms with Crippen molar-refractivity contribution in [1.82, 2.24) is 0 Å². The zero-order valence-electron chi connectivity index (χ0n) is 15.6. The molecular formula is C16H10N4O11. The maximum Gasteiger partial charge on any atom is 0.353 e. The fourth-order valence-electron chi connectivity index (χ4n) is 2.65. The third-order valence-electron chi connectivity index (χ3n) is 4.09. The summed E-state index contributed by atoms with van der Waals surface area (Å²) in [6.45, 7) is 2.22. The van der Waals surface area contributed by atoms with Crippen molar-refractivity contribution < 1.29 is 34.0 Å². The van der Waals surface area contributed by atoms with E-state index < -0.39 is 65.5 Å². The van der Waals surface area contributed by atoms with Crippen LogP contribution in [-0.4, -0.2) is 31.6 Å². The van der Waals surface area contributed by atoms with Gasteiger partial charge in [0.2, 0.25) is 0 Å². The number of ether oxygens (including phenoxy) is 1. The minimum atomic E-state index is -1.57. The van der Waals surface area contributed by atoms with Gasteiger partial charge in [-0.1, -0.05) is 0 Å². The van der Waals surface area contributed by atoms with Gasteiger partial charge in [0.05, 0.1) is 37.4 Å². The predicted octanol–water partition coefficient (Wildman–Crippen LogP) is 2.93. The minimum absolute atomic E-state index is 0.250. The second-order valence-corrected chi connectivity index (χ2v) is 6.00. The molecule has 0 saturated carbocycles. The molecule has 0 aliphatic rings. The highest BCUT2D eigenvalue weighted by molar-refractivity contribution is 6.06. The van der Waals surface area contributed by atoms with Crippen LogP contribution in [0.2, 0.25) is 0 Å². The van der Waals surface area contributed by atoms with Crippen LogP contribution in [0.3, 0.4) is 0 Å². The zero-order valence-corrected chi connectivity index (χ0v) is 15.6. The lowest BCUT2D eigenvalue weighted by atomic mass is 10.0.